The minimum Gasteiger partial charge on any atom is -0.454 e. The Morgan fingerprint density at radius 3 is 2.85 bits per heavy atom. The first-order valence-electron chi connectivity index (χ1n) is 6.15. The molecular weight excluding hydrogens is 284 g/mol. The van der Waals surface area contributed by atoms with Crippen molar-refractivity contribution in [3.8, 4) is 11.5 Å². The number of carbonyl (C=O) groups is 1. The summed E-state index contributed by atoms with van der Waals surface area (Å²) in [6, 6.07) is 3.55. The van der Waals surface area contributed by atoms with E-state index in [9.17, 15) is 4.79 Å². The van der Waals surface area contributed by atoms with Crippen LogP contribution >= 0.6 is 11.6 Å². The van der Waals surface area contributed by atoms with E-state index in [4.69, 9.17) is 25.8 Å². The number of hydrazine groups is 1. The molecule has 0 saturated carbocycles. The molecule has 7 heteroatoms. The second-order valence-corrected chi connectivity index (χ2v) is 5.70. The van der Waals surface area contributed by atoms with E-state index in [-0.39, 0.29) is 6.79 Å². The highest BCUT2D eigenvalue weighted by Gasteiger charge is 2.18. The Labute approximate surface area is 122 Å². The topological polar surface area (TPSA) is 68.8 Å². The fourth-order valence-corrected chi connectivity index (χ4v) is 1.93. The van der Waals surface area contributed by atoms with Crippen LogP contribution in [0.2, 0.25) is 5.02 Å². The van der Waals surface area contributed by atoms with Crippen LogP contribution < -0.4 is 20.3 Å². The van der Waals surface area contributed by atoms with E-state index in [1.54, 1.807) is 32.9 Å². The maximum atomic E-state index is 11.4. The Bertz CT molecular complexity index is 514. The highest BCUT2D eigenvalue weighted by atomic mass is 35.5. The molecule has 1 aromatic carbocycles. The summed E-state index contributed by atoms with van der Waals surface area (Å²) in [6.45, 7) is 5.94. The van der Waals surface area contributed by atoms with Gasteiger partial charge in [0.15, 0.2) is 11.5 Å². The molecule has 0 radical (unpaired) electrons. The number of benzene rings is 1. The van der Waals surface area contributed by atoms with Crippen molar-refractivity contribution in [2.75, 3.05) is 6.79 Å². The molecule has 0 unspecified atom stereocenters. The SMILES string of the molecule is CC(C)(C)OC(=O)NNCc1cc(Cl)c2c(c1)OCO2. The Balaban J connectivity index is 1.86. The minimum absolute atomic E-state index is 0.169. The van der Waals surface area contributed by atoms with Crippen LogP contribution in [0.4, 0.5) is 4.79 Å². The number of nitrogens with one attached hydrogen (secondary N) is 2. The summed E-state index contributed by atoms with van der Waals surface area (Å²) in [6.07, 6.45) is -0.538. The largest absolute Gasteiger partial charge is 0.454 e. The minimum atomic E-state index is -0.538. The van der Waals surface area contributed by atoms with Crippen LogP contribution in [0.5, 0.6) is 11.5 Å². The zero-order valence-electron chi connectivity index (χ0n) is 11.6. The summed E-state index contributed by atoms with van der Waals surface area (Å²) in [5.74, 6) is 1.15. The van der Waals surface area contributed by atoms with Crippen LogP contribution in [-0.4, -0.2) is 18.5 Å². The number of rotatable bonds is 3. The molecule has 0 fully saturated rings. The molecule has 20 heavy (non-hydrogen) atoms. The third kappa shape index (κ3) is 3.91. The van der Waals surface area contributed by atoms with Crippen LogP contribution in [0.3, 0.4) is 0 Å². The van der Waals surface area contributed by atoms with E-state index in [0.29, 0.717) is 23.1 Å². The van der Waals surface area contributed by atoms with Gasteiger partial charge in [-0.25, -0.2) is 10.2 Å². The highest BCUT2D eigenvalue weighted by molar-refractivity contribution is 6.32. The van der Waals surface area contributed by atoms with Gasteiger partial charge in [-0.1, -0.05) is 11.6 Å². The predicted octanol–water partition coefficient (Wildman–Crippen LogP) is 2.60. The van der Waals surface area contributed by atoms with Crippen LogP contribution in [0.25, 0.3) is 0 Å². The smallest absolute Gasteiger partial charge is 0.422 e. The van der Waals surface area contributed by atoms with Crippen LogP contribution in [0.15, 0.2) is 12.1 Å². The summed E-state index contributed by atoms with van der Waals surface area (Å²) in [7, 11) is 0. The van der Waals surface area contributed by atoms with Crippen LogP contribution in [0, 0.1) is 0 Å². The number of amides is 1. The van der Waals surface area contributed by atoms with E-state index in [0.717, 1.165) is 5.56 Å². The molecule has 2 rings (SSSR count). The second kappa shape index (κ2) is 5.76. The molecule has 110 valence electrons. The first-order valence-corrected chi connectivity index (χ1v) is 6.53. The monoisotopic (exact) mass is 300 g/mol. The van der Waals surface area contributed by atoms with Crippen molar-refractivity contribution in [3.05, 3.63) is 22.7 Å². The second-order valence-electron chi connectivity index (χ2n) is 5.29. The van der Waals surface area contributed by atoms with Crippen LogP contribution in [0.1, 0.15) is 26.3 Å². The lowest BCUT2D eigenvalue weighted by Gasteiger charge is -2.19. The maximum Gasteiger partial charge on any atom is 0.422 e. The highest BCUT2D eigenvalue weighted by Crippen LogP contribution is 2.39. The molecule has 0 spiro atoms. The van der Waals surface area contributed by atoms with Crippen molar-refractivity contribution in [3.63, 3.8) is 0 Å². The Hall–Kier alpha value is -1.66. The van der Waals surface area contributed by atoms with Crippen molar-refractivity contribution in [2.24, 2.45) is 0 Å². The van der Waals surface area contributed by atoms with E-state index in [2.05, 4.69) is 10.9 Å². The first kappa shape index (κ1) is 14.7. The summed E-state index contributed by atoms with van der Waals surface area (Å²) in [5.41, 5.74) is 5.53. The molecule has 0 aromatic heterocycles. The number of hydrogen-bond donors (Lipinski definition) is 2. The standard InChI is InChI=1S/C13H17ClN2O4/c1-13(2,3)20-12(17)16-15-6-8-4-9(14)11-10(5-8)18-7-19-11/h4-5,15H,6-7H2,1-3H3,(H,16,17). The Kier molecular flexibility index (Phi) is 4.25. The van der Waals surface area contributed by atoms with Gasteiger partial charge in [0.25, 0.3) is 0 Å². The summed E-state index contributed by atoms with van der Waals surface area (Å²) in [5, 5.41) is 0.481. The Morgan fingerprint density at radius 2 is 2.15 bits per heavy atom. The van der Waals surface area contributed by atoms with Gasteiger partial charge < -0.3 is 14.2 Å². The van der Waals surface area contributed by atoms with Crippen molar-refractivity contribution < 1.29 is 19.0 Å². The normalized spacial score (nSPS) is 13.2. The third-order valence-corrected chi connectivity index (χ3v) is 2.65. The predicted molar refractivity (Wildman–Crippen MR) is 73.8 cm³/mol. The Morgan fingerprint density at radius 1 is 1.40 bits per heavy atom. The molecule has 0 aliphatic carbocycles. The van der Waals surface area contributed by atoms with E-state index in [1.807, 2.05) is 0 Å². The molecular formula is C13H17ClN2O4. The quantitative estimate of drug-likeness (QED) is 0.840. The van der Waals surface area contributed by atoms with Gasteiger partial charge in [-0.2, -0.15) is 0 Å². The van der Waals surface area contributed by atoms with Crippen molar-refractivity contribution in [2.45, 2.75) is 32.9 Å². The van der Waals surface area contributed by atoms with E-state index in [1.165, 1.54) is 0 Å². The summed E-state index contributed by atoms with van der Waals surface area (Å²) >= 11 is 6.06. The van der Waals surface area contributed by atoms with Gasteiger partial charge in [0, 0.05) is 6.54 Å². The zero-order chi connectivity index (χ0) is 14.8. The van der Waals surface area contributed by atoms with Gasteiger partial charge in [0.05, 0.1) is 5.02 Å². The summed E-state index contributed by atoms with van der Waals surface area (Å²) < 4.78 is 15.6. The van der Waals surface area contributed by atoms with Gasteiger partial charge in [-0.3, -0.25) is 5.43 Å². The van der Waals surface area contributed by atoms with E-state index >= 15 is 0 Å². The third-order valence-electron chi connectivity index (χ3n) is 2.37. The van der Waals surface area contributed by atoms with Crippen LogP contribution in [-0.2, 0) is 11.3 Å². The first-order chi connectivity index (χ1) is 9.35. The molecule has 0 bridgehead atoms. The van der Waals surface area contributed by atoms with Crippen molar-refractivity contribution >= 4 is 17.7 Å². The van der Waals surface area contributed by atoms with E-state index < -0.39 is 11.7 Å². The van der Waals surface area contributed by atoms with Gasteiger partial charge in [-0.15, -0.1) is 0 Å². The number of hydrogen-bond acceptors (Lipinski definition) is 5. The van der Waals surface area contributed by atoms with Gasteiger partial charge in [0.1, 0.15) is 5.60 Å². The summed E-state index contributed by atoms with van der Waals surface area (Å²) in [4.78, 5) is 11.4. The van der Waals surface area contributed by atoms with Gasteiger partial charge in [0.2, 0.25) is 6.79 Å². The lowest BCUT2D eigenvalue weighted by molar-refractivity contribution is 0.0497. The fourth-order valence-electron chi connectivity index (χ4n) is 1.64. The molecule has 1 aliphatic heterocycles. The number of halogens is 1. The molecule has 1 heterocycles. The molecule has 2 N–H and O–H groups in total. The molecule has 1 aliphatic rings. The fraction of sp³-hybridized carbons (Fsp3) is 0.462. The molecule has 1 amide bonds. The zero-order valence-corrected chi connectivity index (χ0v) is 12.3. The maximum absolute atomic E-state index is 11.4. The van der Waals surface area contributed by atoms with Gasteiger partial charge >= 0.3 is 6.09 Å². The average molecular weight is 301 g/mol. The van der Waals surface area contributed by atoms with Gasteiger partial charge in [-0.05, 0) is 38.5 Å². The lowest BCUT2D eigenvalue weighted by atomic mass is 10.2. The molecule has 0 atom stereocenters. The van der Waals surface area contributed by atoms with Crippen molar-refractivity contribution in [1.82, 2.24) is 10.9 Å². The average Bonchev–Trinajstić information content (AvgIpc) is 2.75. The molecule has 1 aromatic rings. The number of ether oxygens (including phenoxy) is 3. The molecule has 0 saturated heterocycles. The lowest BCUT2D eigenvalue weighted by Crippen LogP contribution is -2.40. The number of fused-ring (bicyclic) bond motifs is 1. The number of carbonyl (C=O) groups excluding carboxylic acids is 1. The van der Waals surface area contributed by atoms with Crippen molar-refractivity contribution in [1.29, 1.82) is 0 Å². The molecule has 6 nitrogen and oxygen atoms in total.